The van der Waals surface area contributed by atoms with Crippen molar-refractivity contribution < 1.29 is 14.6 Å². The van der Waals surface area contributed by atoms with Gasteiger partial charge in [-0.2, -0.15) is 0 Å². The summed E-state index contributed by atoms with van der Waals surface area (Å²) in [7, 11) is 0. The molecule has 0 aliphatic heterocycles. The standard InChI is InChI=1S/C14H13NO3/c1-2-10-6-3-4-8-12(10)18-13-11(14(16)17)7-5-9-15-13/h3-9H,2H2,1H3,(H,16,17). The molecule has 2 rings (SSSR count). The second-order valence-corrected chi connectivity index (χ2v) is 3.72. The van der Waals surface area contributed by atoms with Gasteiger partial charge in [0.25, 0.3) is 0 Å². The molecule has 1 aromatic carbocycles. The molecular weight excluding hydrogens is 230 g/mol. The van der Waals surface area contributed by atoms with Gasteiger partial charge in [0.05, 0.1) is 0 Å². The Labute approximate surface area is 105 Å². The lowest BCUT2D eigenvalue weighted by molar-refractivity contribution is 0.0693. The maximum Gasteiger partial charge on any atom is 0.341 e. The first-order valence-corrected chi connectivity index (χ1v) is 5.66. The number of ether oxygens (including phenoxy) is 1. The van der Waals surface area contributed by atoms with Crippen molar-refractivity contribution in [3.63, 3.8) is 0 Å². The molecule has 0 fully saturated rings. The lowest BCUT2D eigenvalue weighted by Crippen LogP contribution is -2.02. The maximum atomic E-state index is 11.0. The van der Waals surface area contributed by atoms with E-state index in [-0.39, 0.29) is 11.4 Å². The van der Waals surface area contributed by atoms with E-state index in [1.165, 1.54) is 12.3 Å². The number of aryl methyl sites for hydroxylation is 1. The molecule has 4 heteroatoms. The van der Waals surface area contributed by atoms with Crippen LogP contribution in [0, 0.1) is 0 Å². The van der Waals surface area contributed by atoms with Crippen LogP contribution in [0.3, 0.4) is 0 Å². The number of rotatable bonds is 4. The third kappa shape index (κ3) is 2.48. The molecule has 1 heterocycles. The third-order valence-corrected chi connectivity index (χ3v) is 2.56. The van der Waals surface area contributed by atoms with Gasteiger partial charge in [0.2, 0.25) is 5.88 Å². The number of para-hydroxylation sites is 1. The van der Waals surface area contributed by atoms with Crippen LogP contribution in [0.15, 0.2) is 42.6 Å². The van der Waals surface area contributed by atoms with Gasteiger partial charge >= 0.3 is 5.97 Å². The quantitative estimate of drug-likeness (QED) is 0.896. The molecule has 0 unspecified atom stereocenters. The SMILES string of the molecule is CCc1ccccc1Oc1ncccc1C(=O)O. The van der Waals surface area contributed by atoms with Crippen LogP contribution in [-0.4, -0.2) is 16.1 Å². The van der Waals surface area contributed by atoms with Crippen LogP contribution in [0.25, 0.3) is 0 Å². The van der Waals surface area contributed by atoms with E-state index >= 15 is 0 Å². The molecule has 0 radical (unpaired) electrons. The normalized spacial score (nSPS) is 10.1. The number of hydrogen-bond donors (Lipinski definition) is 1. The first-order chi connectivity index (χ1) is 8.72. The maximum absolute atomic E-state index is 11.0. The molecule has 0 atom stereocenters. The lowest BCUT2D eigenvalue weighted by Gasteiger charge is -2.10. The van der Waals surface area contributed by atoms with E-state index in [0.717, 1.165) is 12.0 Å². The summed E-state index contributed by atoms with van der Waals surface area (Å²) >= 11 is 0. The number of carbonyl (C=O) groups is 1. The van der Waals surface area contributed by atoms with Crippen LogP contribution in [-0.2, 0) is 6.42 Å². The fraction of sp³-hybridized carbons (Fsp3) is 0.143. The molecule has 2 aromatic rings. The van der Waals surface area contributed by atoms with Gasteiger partial charge in [-0.25, -0.2) is 9.78 Å². The minimum Gasteiger partial charge on any atom is -0.477 e. The summed E-state index contributed by atoms with van der Waals surface area (Å²) < 4.78 is 5.60. The summed E-state index contributed by atoms with van der Waals surface area (Å²) in [6.45, 7) is 2.01. The van der Waals surface area contributed by atoms with E-state index in [2.05, 4.69) is 4.98 Å². The fourth-order valence-electron chi connectivity index (χ4n) is 1.63. The van der Waals surface area contributed by atoms with E-state index < -0.39 is 5.97 Å². The Bertz CT molecular complexity index is 566. The highest BCUT2D eigenvalue weighted by Crippen LogP contribution is 2.26. The van der Waals surface area contributed by atoms with E-state index in [0.29, 0.717) is 5.75 Å². The van der Waals surface area contributed by atoms with Gasteiger partial charge in [-0.1, -0.05) is 25.1 Å². The number of pyridine rings is 1. The summed E-state index contributed by atoms with van der Waals surface area (Å²) in [4.78, 5) is 15.0. The Balaban J connectivity index is 2.37. The average molecular weight is 243 g/mol. The molecule has 1 N–H and O–H groups in total. The van der Waals surface area contributed by atoms with Crippen molar-refractivity contribution in [3.8, 4) is 11.6 Å². The van der Waals surface area contributed by atoms with Crippen molar-refractivity contribution in [2.24, 2.45) is 0 Å². The third-order valence-electron chi connectivity index (χ3n) is 2.56. The number of nitrogens with zero attached hydrogens (tertiary/aromatic N) is 1. The lowest BCUT2D eigenvalue weighted by atomic mass is 10.1. The predicted octanol–water partition coefficient (Wildman–Crippen LogP) is 3.13. The number of carboxylic acids is 1. The molecule has 0 amide bonds. The van der Waals surface area contributed by atoms with Crippen molar-refractivity contribution in [2.45, 2.75) is 13.3 Å². The van der Waals surface area contributed by atoms with Crippen LogP contribution in [0.2, 0.25) is 0 Å². The van der Waals surface area contributed by atoms with Gasteiger partial charge in [0.15, 0.2) is 0 Å². The van der Waals surface area contributed by atoms with Gasteiger partial charge in [0, 0.05) is 6.20 Å². The zero-order valence-corrected chi connectivity index (χ0v) is 9.96. The number of aromatic nitrogens is 1. The zero-order valence-electron chi connectivity index (χ0n) is 9.96. The van der Waals surface area contributed by atoms with Gasteiger partial charge < -0.3 is 9.84 Å². The number of aromatic carboxylic acids is 1. The summed E-state index contributed by atoms with van der Waals surface area (Å²) in [6, 6.07) is 10.6. The van der Waals surface area contributed by atoms with Crippen molar-refractivity contribution in [1.29, 1.82) is 0 Å². The molecule has 0 bridgehead atoms. The number of benzene rings is 1. The van der Waals surface area contributed by atoms with Crippen LogP contribution >= 0.6 is 0 Å². The van der Waals surface area contributed by atoms with Crippen molar-refractivity contribution >= 4 is 5.97 Å². The second kappa shape index (κ2) is 5.31. The smallest absolute Gasteiger partial charge is 0.341 e. The topological polar surface area (TPSA) is 59.4 Å². The summed E-state index contributed by atoms with van der Waals surface area (Å²) in [5, 5.41) is 9.05. The van der Waals surface area contributed by atoms with Gasteiger partial charge in [0.1, 0.15) is 11.3 Å². The van der Waals surface area contributed by atoms with Crippen LogP contribution in [0.5, 0.6) is 11.6 Å². The Morgan fingerprint density at radius 2 is 2.06 bits per heavy atom. The van der Waals surface area contributed by atoms with E-state index in [1.807, 2.05) is 25.1 Å². The monoisotopic (exact) mass is 243 g/mol. The molecule has 0 aliphatic rings. The summed E-state index contributed by atoms with van der Waals surface area (Å²) in [5.41, 5.74) is 1.07. The summed E-state index contributed by atoms with van der Waals surface area (Å²) in [5.74, 6) is -0.292. The Hall–Kier alpha value is -2.36. The molecule has 0 saturated heterocycles. The number of hydrogen-bond acceptors (Lipinski definition) is 3. The van der Waals surface area contributed by atoms with Gasteiger partial charge in [-0.3, -0.25) is 0 Å². The van der Waals surface area contributed by atoms with E-state index in [9.17, 15) is 4.79 Å². The van der Waals surface area contributed by atoms with Crippen LogP contribution < -0.4 is 4.74 Å². The van der Waals surface area contributed by atoms with Crippen molar-refractivity contribution in [2.75, 3.05) is 0 Å². The Morgan fingerprint density at radius 3 is 2.78 bits per heavy atom. The Kier molecular flexibility index (Phi) is 3.57. The van der Waals surface area contributed by atoms with E-state index in [4.69, 9.17) is 9.84 Å². The molecule has 92 valence electrons. The van der Waals surface area contributed by atoms with Crippen LogP contribution in [0.1, 0.15) is 22.8 Å². The minimum absolute atomic E-state index is 0.0587. The molecule has 4 nitrogen and oxygen atoms in total. The minimum atomic E-state index is -1.05. The van der Waals surface area contributed by atoms with Crippen molar-refractivity contribution in [1.82, 2.24) is 4.98 Å². The molecule has 18 heavy (non-hydrogen) atoms. The first kappa shape index (κ1) is 12.1. The average Bonchev–Trinajstić information content (AvgIpc) is 2.40. The summed E-state index contributed by atoms with van der Waals surface area (Å²) in [6.07, 6.45) is 2.32. The van der Waals surface area contributed by atoms with E-state index in [1.54, 1.807) is 12.1 Å². The highest BCUT2D eigenvalue weighted by Gasteiger charge is 2.13. The van der Waals surface area contributed by atoms with Gasteiger partial charge in [-0.15, -0.1) is 0 Å². The highest BCUT2D eigenvalue weighted by molar-refractivity contribution is 5.90. The zero-order chi connectivity index (χ0) is 13.0. The predicted molar refractivity (Wildman–Crippen MR) is 67.1 cm³/mol. The largest absolute Gasteiger partial charge is 0.477 e. The molecule has 0 saturated carbocycles. The second-order valence-electron chi connectivity index (χ2n) is 3.72. The first-order valence-electron chi connectivity index (χ1n) is 5.66. The molecule has 0 aliphatic carbocycles. The molecular formula is C14H13NO3. The number of carboxylic acid groups (broad SMARTS) is 1. The van der Waals surface area contributed by atoms with Crippen LogP contribution in [0.4, 0.5) is 0 Å². The fourth-order valence-corrected chi connectivity index (χ4v) is 1.63. The van der Waals surface area contributed by atoms with Crippen molar-refractivity contribution in [3.05, 3.63) is 53.7 Å². The Morgan fingerprint density at radius 1 is 1.28 bits per heavy atom. The highest BCUT2D eigenvalue weighted by atomic mass is 16.5. The molecule has 0 spiro atoms. The molecule has 1 aromatic heterocycles. The van der Waals surface area contributed by atoms with Gasteiger partial charge in [-0.05, 0) is 30.2 Å².